The maximum Gasteiger partial charge on any atom is 0.319 e. The van der Waals surface area contributed by atoms with Crippen molar-refractivity contribution in [3.8, 4) is 0 Å². The van der Waals surface area contributed by atoms with Crippen LogP contribution in [-0.4, -0.2) is 18.6 Å². The van der Waals surface area contributed by atoms with Crippen molar-refractivity contribution in [2.75, 3.05) is 6.54 Å². The van der Waals surface area contributed by atoms with Gasteiger partial charge in [0.05, 0.1) is 6.54 Å². The van der Waals surface area contributed by atoms with Crippen LogP contribution in [0.4, 0.5) is 0 Å². The van der Waals surface area contributed by atoms with Crippen molar-refractivity contribution >= 4 is 5.97 Å². The van der Waals surface area contributed by atoms with Crippen molar-refractivity contribution in [2.24, 2.45) is 28.9 Å². The minimum Gasteiger partial charge on any atom is -0.461 e. The van der Waals surface area contributed by atoms with Crippen molar-refractivity contribution in [3.63, 3.8) is 0 Å². The molecule has 2 rings (SSSR count). The van der Waals surface area contributed by atoms with E-state index < -0.39 is 0 Å². The molecular weight excluding hydrogens is 298 g/mol. The SMILES string of the molecule is CC[C@H]1[C@H](CCCC(C)C)CC=C2C[C@@H](OC(=O)CN)CC[C@@]21C. The molecule has 0 unspecified atom stereocenters. The summed E-state index contributed by atoms with van der Waals surface area (Å²) in [5.74, 6) is 2.14. The predicted octanol–water partition coefficient (Wildman–Crippen LogP) is 4.85. The largest absolute Gasteiger partial charge is 0.461 e. The van der Waals surface area contributed by atoms with Crippen LogP contribution in [0.25, 0.3) is 0 Å². The fraction of sp³-hybridized carbons (Fsp3) is 0.857. The Bertz CT molecular complexity index is 457. The quantitative estimate of drug-likeness (QED) is 0.534. The van der Waals surface area contributed by atoms with Gasteiger partial charge in [0.2, 0.25) is 0 Å². The molecule has 0 spiro atoms. The molecule has 24 heavy (non-hydrogen) atoms. The lowest BCUT2D eigenvalue weighted by Gasteiger charge is -2.50. The number of esters is 1. The fourth-order valence-corrected chi connectivity index (χ4v) is 5.15. The molecule has 1 fully saturated rings. The van der Waals surface area contributed by atoms with E-state index in [1.54, 1.807) is 0 Å². The van der Waals surface area contributed by atoms with Crippen LogP contribution in [0, 0.1) is 23.2 Å². The Balaban J connectivity index is 2.03. The summed E-state index contributed by atoms with van der Waals surface area (Å²) in [6.45, 7) is 9.45. The average molecular weight is 336 g/mol. The highest BCUT2D eigenvalue weighted by molar-refractivity contribution is 5.71. The van der Waals surface area contributed by atoms with Gasteiger partial charge in [0.15, 0.2) is 0 Å². The van der Waals surface area contributed by atoms with E-state index in [0.717, 1.165) is 37.0 Å². The van der Waals surface area contributed by atoms with Gasteiger partial charge in [0, 0.05) is 6.42 Å². The van der Waals surface area contributed by atoms with E-state index in [4.69, 9.17) is 10.5 Å². The normalized spacial score (nSPS) is 33.1. The van der Waals surface area contributed by atoms with Crippen molar-refractivity contribution < 1.29 is 9.53 Å². The molecule has 3 heteroatoms. The summed E-state index contributed by atoms with van der Waals surface area (Å²) in [4.78, 5) is 11.5. The molecule has 0 amide bonds. The van der Waals surface area contributed by atoms with E-state index in [1.165, 1.54) is 37.7 Å². The highest BCUT2D eigenvalue weighted by atomic mass is 16.5. The van der Waals surface area contributed by atoms with E-state index >= 15 is 0 Å². The highest BCUT2D eigenvalue weighted by Gasteiger charge is 2.46. The summed E-state index contributed by atoms with van der Waals surface area (Å²) in [6, 6.07) is 0. The fourth-order valence-electron chi connectivity index (χ4n) is 5.15. The van der Waals surface area contributed by atoms with Gasteiger partial charge in [-0.2, -0.15) is 0 Å². The van der Waals surface area contributed by atoms with Crippen LogP contribution in [-0.2, 0) is 9.53 Å². The number of hydrogen-bond donors (Lipinski definition) is 1. The minimum absolute atomic E-state index is 0.0116. The molecule has 0 heterocycles. The van der Waals surface area contributed by atoms with Crippen LogP contribution in [0.15, 0.2) is 11.6 Å². The van der Waals surface area contributed by atoms with Crippen LogP contribution < -0.4 is 5.73 Å². The van der Waals surface area contributed by atoms with Gasteiger partial charge in [-0.1, -0.05) is 58.6 Å². The van der Waals surface area contributed by atoms with Crippen molar-refractivity contribution in [1.82, 2.24) is 0 Å². The van der Waals surface area contributed by atoms with E-state index in [0.29, 0.717) is 5.41 Å². The Labute approximate surface area is 148 Å². The lowest BCUT2D eigenvalue weighted by molar-refractivity contribution is -0.149. The Hall–Kier alpha value is -0.830. The van der Waals surface area contributed by atoms with Crippen LogP contribution in [0.5, 0.6) is 0 Å². The number of nitrogens with two attached hydrogens (primary N) is 1. The third kappa shape index (κ3) is 4.41. The van der Waals surface area contributed by atoms with Crippen LogP contribution in [0.3, 0.4) is 0 Å². The molecule has 2 N–H and O–H groups in total. The lowest BCUT2D eigenvalue weighted by atomic mass is 9.55. The number of fused-ring (bicyclic) bond motifs is 1. The smallest absolute Gasteiger partial charge is 0.319 e. The topological polar surface area (TPSA) is 52.3 Å². The first-order valence-electron chi connectivity index (χ1n) is 9.99. The van der Waals surface area contributed by atoms with Gasteiger partial charge in [0.1, 0.15) is 6.10 Å². The molecule has 0 aromatic rings. The molecule has 2 aliphatic carbocycles. The highest BCUT2D eigenvalue weighted by Crippen LogP contribution is 2.55. The van der Waals surface area contributed by atoms with Crippen molar-refractivity contribution in [1.29, 1.82) is 0 Å². The first kappa shape index (κ1) is 19.5. The zero-order valence-electron chi connectivity index (χ0n) is 16.1. The number of rotatable bonds is 7. The van der Waals surface area contributed by atoms with Gasteiger partial charge in [-0.15, -0.1) is 0 Å². The standard InChI is InChI=1S/C21H37NO2/c1-5-19-16(8-6-7-15(2)3)9-10-17-13-18(24-20(23)14-22)11-12-21(17,19)4/h10,15-16,18-19H,5-9,11-14,22H2,1-4H3/t16-,18+,19+,21+/m1/s1. The second kappa shape index (κ2) is 8.51. The second-order valence-corrected chi connectivity index (χ2v) is 8.54. The third-order valence-corrected chi connectivity index (χ3v) is 6.48. The number of carbonyl (C=O) groups excluding carboxylic acids is 1. The lowest BCUT2D eigenvalue weighted by Crippen LogP contribution is -2.43. The molecule has 0 aromatic carbocycles. The van der Waals surface area contributed by atoms with Gasteiger partial charge in [-0.05, 0) is 48.9 Å². The molecule has 0 aromatic heterocycles. The molecule has 2 aliphatic rings. The molecule has 0 radical (unpaired) electrons. The molecule has 3 nitrogen and oxygen atoms in total. The van der Waals surface area contributed by atoms with Crippen LogP contribution in [0.2, 0.25) is 0 Å². The third-order valence-electron chi connectivity index (χ3n) is 6.48. The average Bonchev–Trinajstić information content (AvgIpc) is 2.54. The van der Waals surface area contributed by atoms with Crippen LogP contribution >= 0.6 is 0 Å². The Kier molecular flexibility index (Phi) is 6.91. The van der Waals surface area contributed by atoms with E-state index in [1.807, 2.05) is 0 Å². The second-order valence-electron chi connectivity index (χ2n) is 8.54. The Morgan fingerprint density at radius 2 is 2.21 bits per heavy atom. The monoisotopic (exact) mass is 335 g/mol. The zero-order valence-corrected chi connectivity index (χ0v) is 16.1. The van der Waals surface area contributed by atoms with Crippen LogP contribution in [0.1, 0.15) is 79.1 Å². The molecule has 1 saturated carbocycles. The van der Waals surface area contributed by atoms with Crippen molar-refractivity contribution in [2.45, 2.75) is 85.2 Å². The molecule has 4 atom stereocenters. The molecule has 0 saturated heterocycles. The maximum absolute atomic E-state index is 11.5. The Morgan fingerprint density at radius 1 is 1.46 bits per heavy atom. The number of carbonyl (C=O) groups is 1. The van der Waals surface area contributed by atoms with E-state index in [-0.39, 0.29) is 18.6 Å². The summed E-state index contributed by atoms with van der Waals surface area (Å²) in [5.41, 5.74) is 7.23. The van der Waals surface area contributed by atoms with E-state index in [2.05, 4.69) is 33.8 Å². The molecule has 0 aliphatic heterocycles. The van der Waals surface area contributed by atoms with Gasteiger partial charge >= 0.3 is 5.97 Å². The van der Waals surface area contributed by atoms with E-state index in [9.17, 15) is 4.79 Å². The summed E-state index contributed by atoms with van der Waals surface area (Å²) in [7, 11) is 0. The number of hydrogen-bond acceptors (Lipinski definition) is 3. The Morgan fingerprint density at radius 3 is 2.83 bits per heavy atom. The minimum atomic E-state index is -0.265. The summed E-state index contributed by atoms with van der Waals surface area (Å²) < 4.78 is 5.52. The first-order valence-corrected chi connectivity index (χ1v) is 9.99. The van der Waals surface area contributed by atoms with Gasteiger partial charge in [0.25, 0.3) is 0 Å². The molecule has 138 valence electrons. The van der Waals surface area contributed by atoms with Gasteiger partial charge in [-0.3, -0.25) is 4.79 Å². The van der Waals surface area contributed by atoms with Gasteiger partial charge < -0.3 is 10.5 Å². The summed E-state index contributed by atoms with van der Waals surface area (Å²) in [5, 5.41) is 0. The zero-order chi connectivity index (χ0) is 17.7. The molecule has 0 bridgehead atoms. The number of ether oxygens (including phenoxy) is 1. The number of allylic oxidation sites excluding steroid dienone is 1. The maximum atomic E-state index is 11.5. The predicted molar refractivity (Wildman–Crippen MR) is 99.6 cm³/mol. The van der Waals surface area contributed by atoms with Crippen molar-refractivity contribution in [3.05, 3.63) is 11.6 Å². The summed E-state index contributed by atoms with van der Waals surface area (Å²) >= 11 is 0. The summed E-state index contributed by atoms with van der Waals surface area (Å²) in [6.07, 6.45) is 12.1. The van der Waals surface area contributed by atoms with Gasteiger partial charge in [-0.25, -0.2) is 0 Å². The first-order chi connectivity index (χ1) is 11.4. The molecular formula is C21H37NO2.